The maximum atomic E-state index is 10.8. The third-order valence-electron chi connectivity index (χ3n) is 2.11. The molecule has 0 aliphatic carbocycles. The Morgan fingerprint density at radius 2 is 2.21 bits per heavy atom. The Morgan fingerprint density at radius 3 is 2.71 bits per heavy atom. The standard InChI is InChI=1S/C11H12O3/c1-3-7(2)10-6-8(12)4-5-9(10)11(13)14/h3-7,12H,1H2,2H3,(H,13,14). The Balaban J connectivity index is 3.29. The summed E-state index contributed by atoms with van der Waals surface area (Å²) in [5, 5.41) is 18.1. The van der Waals surface area contributed by atoms with Crippen molar-refractivity contribution in [2.24, 2.45) is 0 Å². The van der Waals surface area contributed by atoms with Crippen molar-refractivity contribution in [1.29, 1.82) is 0 Å². The van der Waals surface area contributed by atoms with Crippen LogP contribution in [0.25, 0.3) is 0 Å². The molecule has 0 spiro atoms. The number of carboxylic acid groups (broad SMARTS) is 1. The molecule has 1 aromatic carbocycles. The fourth-order valence-corrected chi connectivity index (χ4v) is 1.25. The molecular formula is C11H12O3. The maximum absolute atomic E-state index is 10.8. The molecule has 0 aliphatic rings. The van der Waals surface area contributed by atoms with E-state index in [2.05, 4.69) is 6.58 Å². The number of rotatable bonds is 3. The highest BCUT2D eigenvalue weighted by Gasteiger charge is 2.13. The average Bonchev–Trinajstić information content (AvgIpc) is 2.16. The SMILES string of the molecule is C=CC(C)c1cc(O)ccc1C(=O)O. The van der Waals surface area contributed by atoms with E-state index in [1.807, 2.05) is 6.92 Å². The molecule has 2 N–H and O–H groups in total. The summed E-state index contributed by atoms with van der Waals surface area (Å²) >= 11 is 0. The summed E-state index contributed by atoms with van der Waals surface area (Å²) in [5.41, 5.74) is 0.780. The van der Waals surface area contributed by atoms with Gasteiger partial charge in [0.05, 0.1) is 5.56 Å². The fraction of sp³-hybridized carbons (Fsp3) is 0.182. The number of allylic oxidation sites excluding steroid dienone is 1. The molecule has 0 radical (unpaired) electrons. The summed E-state index contributed by atoms with van der Waals surface area (Å²) in [6, 6.07) is 4.21. The number of hydrogen-bond acceptors (Lipinski definition) is 2. The average molecular weight is 192 g/mol. The zero-order valence-corrected chi connectivity index (χ0v) is 7.90. The highest BCUT2D eigenvalue weighted by Crippen LogP contribution is 2.24. The molecule has 3 nitrogen and oxygen atoms in total. The van der Waals surface area contributed by atoms with Gasteiger partial charge in [0.1, 0.15) is 5.75 Å². The number of phenols is 1. The maximum Gasteiger partial charge on any atom is 0.335 e. The predicted molar refractivity (Wildman–Crippen MR) is 53.7 cm³/mol. The lowest BCUT2D eigenvalue weighted by Gasteiger charge is -2.10. The molecular weight excluding hydrogens is 180 g/mol. The van der Waals surface area contributed by atoms with Gasteiger partial charge in [0.25, 0.3) is 0 Å². The van der Waals surface area contributed by atoms with Gasteiger partial charge in [-0.05, 0) is 29.7 Å². The molecule has 14 heavy (non-hydrogen) atoms. The molecule has 1 aromatic rings. The summed E-state index contributed by atoms with van der Waals surface area (Å²) in [6.45, 7) is 5.42. The van der Waals surface area contributed by atoms with E-state index in [4.69, 9.17) is 5.11 Å². The van der Waals surface area contributed by atoms with E-state index in [1.54, 1.807) is 6.08 Å². The Morgan fingerprint density at radius 1 is 1.57 bits per heavy atom. The van der Waals surface area contributed by atoms with Crippen molar-refractivity contribution in [3.8, 4) is 5.75 Å². The first-order valence-corrected chi connectivity index (χ1v) is 4.25. The summed E-state index contributed by atoms with van der Waals surface area (Å²) < 4.78 is 0. The van der Waals surface area contributed by atoms with Crippen LogP contribution in [0.4, 0.5) is 0 Å². The lowest BCUT2D eigenvalue weighted by molar-refractivity contribution is 0.0695. The number of benzene rings is 1. The first-order chi connectivity index (χ1) is 6.56. The molecule has 0 aromatic heterocycles. The Labute approximate surface area is 82.3 Å². The van der Waals surface area contributed by atoms with E-state index in [0.29, 0.717) is 5.56 Å². The zero-order valence-electron chi connectivity index (χ0n) is 7.90. The number of carbonyl (C=O) groups is 1. The van der Waals surface area contributed by atoms with Gasteiger partial charge in [0.2, 0.25) is 0 Å². The topological polar surface area (TPSA) is 57.5 Å². The van der Waals surface area contributed by atoms with E-state index < -0.39 is 5.97 Å². The Bertz CT molecular complexity index is 369. The van der Waals surface area contributed by atoms with Crippen LogP contribution >= 0.6 is 0 Å². The highest BCUT2D eigenvalue weighted by atomic mass is 16.4. The van der Waals surface area contributed by atoms with E-state index in [-0.39, 0.29) is 17.2 Å². The van der Waals surface area contributed by atoms with Crippen molar-refractivity contribution in [2.75, 3.05) is 0 Å². The van der Waals surface area contributed by atoms with Gasteiger partial charge in [-0.25, -0.2) is 4.79 Å². The van der Waals surface area contributed by atoms with Gasteiger partial charge in [0.15, 0.2) is 0 Å². The second-order valence-corrected chi connectivity index (χ2v) is 3.10. The van der Waals surface area contributed by atoms with Crippen LogP contribution < -0.4 is 0 Å². The Kier molecular flexibility index (Phi) is 2.92. The fourth-order valence-electron chi connectivity index (χ4n) is 1.25. The van der Waals surface area contributed by atoms with E-state index in [1.165, 1.54) is 18.2 Å². The van der Waals surface area contributed by atoms with Gasteiger partial charge in [-0.15, -0.1) is 6.58 Å². The quantitative estimate of drug-likeness (QED) is 0.723. The zero-order chi connectivity index (χ0) is 10.7. The molecule has 74 valence electrons. The molecule has 0 fully saturated rings. The third kappa shape index (κ3) is 1.93. The summed E-state index contributed by atoms with van der Waals surface area (Å²) in [7, 11) is 0. The minimum atomic E-state index is -0.992. The predicted octanol–water partition coefficient (Wildman–Crippen LogP) is 2.38. The van der Waals surface area contributed by atoms with E-state index in [0.717, 1.165) is 0 Å². The van der Waals surface area contributed by atoms with E-state index >= 15 is 0 Å². The number of aromatic hydroxyl groups is 1. The minimum absolute atomic E-state index is 0.0682. The van der Waals surface area contributed by atoms with Gasteiger partial charge >= 0.3 is 5.97 Å². The van der Waals surface area contributed by atoms with Crippen molar-refractivity contribution in [2.45, 2.75) is 12.8 Å². The largest absolute Gasteiger partial charge is 0.508 e. The van der Waals surface area contributed by atoms with Gasteiger partial charge in [-0.3, -0.25) is 0 Å². The second kappa shape index (κ2) is 3.96. The van der Waals surface area contributed by atoms with Gasteiger partial charge < -0.3 is 10.2 Å². The highest BCUT2D eigenvalue weighted by molar-refractivity contribution is 5.90. The van der Waals surface area contributed by atoms with Crippen LogP contribution in [-0.4, -0.2) is 16.2 Å². The lowest BCUT2D eigenvalue weighted by Crippen LogP contribution is -2.03. The molecule has 3 heteroatoms. The number of aromatic carboxylic acids is 1. The first kappa shape index (κ1) is 10.3. The number of phenolic OH excluding ortho intramolecular Hbond substituents is 1. The summed E-state index contributed by atoms with van der Waals surface area (Å²) in [6.07, 6.45) is 1.64. The van der Waals surface area contributed by atoms with Crippen LogP contribution in [0.3, 0.4) is 0 Å². The lowest BCUT2D eigenvalue weighted by atomic mass is 9.95. The molecule has 0 amide bonds. The second-order valence-electron chi connectivity index (χ2n) is 3.10. The van der Waals surface area contributed by atoms with Crippen LogP contribution in [0.2, 0.25) is 0 Å². The minimum Gasteiger partial charge on any atom is -0.508 e. The molecule has 0 saturated carbocycles. The number of carboxylic acids is 1. The van der Waals surface area contributed by atoms with Crippen molar-refractivity contribution < 1.29 is 15.0 Å². The van der Waals surface area contributed by atoms with Gasteiger partial charge in [0, 0.05) is 0 Å². The van der Waals surface area contributed by atoms with Crippen LogP contribution in [0, 0.1) is 0 Å². The Hall–Kier alpha value is -1.77. The molecule has 0 aliphatic heterocycles. The van der Waals surface area contributed by atoms with Crippen LogP contribution in [0.5, 0.6) is 5.75 Å². The van der Waals surface area contributed by atoms with Crippen molar-refractivity contribution >= 4 is 5.97 Å². The third-order valence-corrected chi connectivity index (χ3v) is 2.11. The molecule has 0 saturated heterocycles. The monoisotopic (exact) mass is 192 g/mol. The van der Waals surface area contributed by atoms with Gasteiger partial charge in [-0.1, -0.05) is 13.0 Å². The smallest absolute Gasteiger partial charge is 0.335 e. The normalized spacial score (nSPS) is 12.1. The summed E-state index contributed by atoms with van der Waals surface area (Å²) in [5.74, 6) is -1.01. The molecule has 0 bridgehead atoms. The van der Waals surface area contributed by atoms with Crippen LogP contribution in [-0.2, 0) is 0 Å². The van der Waals surface area contributed by atoms with Crippen LogP contribution in [0.15, 0.2) is 30.9 Å². The van der Waals surface area contributed by atoms with Crippen molar-refractivity contribution in [3.05, 3.63) is 42.0 Å². The van der Waals surface area contributed by atoms with E-state index in [9.17, 15) is 9.90 Å². The van der Waals surface area contributed by atoms with Gasteiger partial charge in [-0.2, -0.15) is 0 Å². The summed E-state index contributed by atoms with van der Waals surface area (Å²) in [4.78, 5) is 10.8. The van der Waals surface area contributed by atoms with Crippen molar-refractivity contribution in [1.82, 2.24) is 0 Å². The molecule has 0 heterocycles. The first-order valence-electron chi connectivity index (χ1n) is 4.25. The molecule has 1 rings (SSSR count). The number of hydrogen-bond donors (Lipinski definition) is 2. The van der Waals surface area contributed by atoms with Crippen LogP contribution in [0.1, 0.15) is 28.8 Å². The molecule has 1 atom stereocenters. The van der Waals surface area contributed by atoms with Crippen molar-refractivity contribution in [3.63, 3.8) is 0 Å². The molecule has 1 unspecified atom stereocenters.